The Hall–Kier alpha value is -2.33. The largest absolute Gasteiger partial charge is 0.419 e. The van der Waals surface area contributed by atoms with Gasteiger partial charge in [-0.3, -0.25) is 14.0 Å². The molecule has 2 saturated carbocycles. The molecule has 1 saturated heterocycles. The van der Waals surface area contributed by atoms with Crippen molar-refractivity contribution in [2.75, 3.05) is 19.7 Å². The molecule has 32 heavy (non-hydrogen) atoms. The van der Waals surface area contributed by atoms with Gasteiger partial charge >= 0.3 is 6.18 Å². The van der Waals surface area contributed by atoms with E-state index in [1.807, 2.05) is 0 Å². The van der Waals surface area contributed by atoms with Crippen LogP contribution in [0.3, 0.4) is 0 Å². The van der Waals surface area contributed by atoms with Crippen molar-refractivity contribution in [2.24, 2.45) is 0 Å². The summed E-state index contributed by atoms with van der Waals surface area (Å²) in [5, 5.41) is 9.63. The lowest BCUT2D eigenvalue weighted by Gasteiger charge is -2.46. The van der Waals surface area contributed by atoms with Crippen LogP contribution in [0.4, 0.5) is 13.2 Å². The Morgan fingerprint density at radius 1 is 1.25 bits per heavy atom. The highest BCUT2D eigenvalue weighted by atomic mass is 35.5. The SMILES string of the molecule is O=C1CN(C(=O)c2nc3c(C(F)(F)F)cc(C4CC4)cn3c2Cl)C(CO)CN1C1CCC1. The van der Waals surface area contributed by atoms with Gasteiger partial charge in [0, 0.05) is 18.8 Å². The molecule has 1 N–H and O–H groups in total. The Labute approximate surface area is 186 Å². The van der Waals surface area contributed by atoms with Crippen molar-refractivity contribution >= 4 is 29.1 Å². The molecule has 2 aliphatic carbocycles. The topological polar surface area (TPSA) is 78.2 Å². The molecule has 2 aromatic heterocycles. The number of rotatable bonds is 4. The average Bonchev–Trinajstić information content (AvgIpc) is 3.50. The molecule has 3 fully saturated rings. The van der Waals surface area contributed by atoms with Gasteiger partial charge in [-0.1, -0.05) is 11.6 Å². The van der Waals surface area contributed by atoms with Gasteiger partial charge in [0.05, 0.1) is 18.2 Å². The van der Waals surface area contributed by atoms with Crippen molar-refractivity contribution in [2.45, 2.75) is 56.3 Å². The molecule has 3 heterocycles. The van der Waals surface area contributed by atoms with Crippen molar-refractivity contribution in [1.82, 2.24) is 19.2 Å². The summed E-state index contributed by atoms with van der Waals surface area (Å²) in [6, 6.07) is 0.510. The first-order valence-corrected chi connectivity index (χ1v) is 11.1. The number of alkyl halides is 3. The van der Waals surface area contributed by atoms with Crippen molar-refractivity contribution in [3.63, 3.8) is 0 Å². The van der Waals surface area contributed by atoms with E-state index < -0.39 is 29.3 Å². The van der Waals surface area contributed by atoms with Gasteiger partial charge in [-0.15, -0.1) is 0 Å². The first-order valence-electron chi connectivity index (χ1n) is 10.7. The predicted molar refractivity (Wildman–Crippen MR) is 108 cm³/mol. The second-order valence-corrected chi connectivity index (χ2v) is 9.16. The number of aliphatic hydroxyl groups excluding tert-OH is 1. The van der Waals surface area contributed by atoms with E-state index in [-0.39, 0.29) is 48.4 Å². The third-order valence-corrected chi connectivity index (χ3v) is 7.06. The summed E-state index contributed by atoms with van der Waals surface area (Å²) in [6.45, 7) is -0.479. The van der Waals surface area contributed by atoms with Gasteiger partial charge in [0.1, 0.15) is 11.7 Å². The lowest BCUT2D eigenvalue weighted by Crippen LogP contribution is -2.62. The summed E-state index contributed by atoms with van der Waals surface area (Å²) in [5.74, 6) is -0.978. The molecule has 1 aliphatic heterocycles. The van der Waals surface area contributed by atoms with E-state index in [1.54, 1.807) is 4.90 Å². The van der Waals surface area contributed by atoms with Gasteiger partial charge in [-0.2, -0.15) is 13.2 Å². The fourth-order valence-corrected chi connectivity index (χ4v) is 4.75. The fraction of sp³-hybridized carbons (Fsp3) is 0.571. The van der Waals surface area contributed by atoms with Gasteiger partial charge in [-0.25, -0.2) is 4.98 Å². The minimum absolute atomic E-state index is 0.0362. The minimum atomic E-state index is -4.67. The van der Waals surface area contributed by atoms with E-state index in [4.69, 9.17) is 11.6 Å². The van der Waals surface area contributed by atoms with Gasteiger partial charge in [0.25, 0.3) is 5.91 Å². The van der Waals surface area contributed by atoms with Crippen LogP contribution in [0, 0.1) is 0 Å². The van der Waals surface area contributed by atoms with E-state index in [2.05, 4.69) is 4.98 Å². The molecule has 5 rings (SSSR count). The van der Waals surface area contributed by atoms with Crippen LogP contribution < -0.4 is 0 Å². The molecule has 1 atom stereocenters. The van der Waals surface area contributed by atoms with Crippen LogP contribution in [-0.4, -0.2) is 67.9 Å². The highest BCUT2D eigenvalue weighted by molar-refractivity contribution is 6.33. The molecule has 11 heteroatoms. The monoisotopic (exact) mass is 470 g/mol. The Balaban J connectivity index is 1.52. The standard InChI is InChI=1S/C21H22ClF3N4O3/c22-18-17(20(32)28-9-16(31)27(8-14(28)10-30)13-2-1-3-13)26-19-15(21(23,24)25)6-12(7-29(18)19)11-4-5-11/h6-7,11,13-14,30H,1-5,8-10H2. The van der Waals surface area contributed by atoms with Crippen molar-refractivity contribution < 1.29 is 27.9 Å². The lowest BCUT2D eigenvalue weighted by molar-refractivity contribution is -0.142. The highest BCUT2D eigenvalue weighted by Crippen LogP contribution is 2.43. The zero-order valence-electron chi connectivity index (χ0n) is 17.1. The summed E-state index contributed by atoms with van der Waals surface area (Å²) in [7, 11) is 0. The normalized spacial score (nSPS) is 22.5. The number of fused-ring (bicyclic) bond motifs is 1. The molecule has 0 spiro atoms. The predicted octanol–water partition coefficient (Wildman–Crippen LogP) is 3.08. The minimum Gasteiger partial charge on any atom is -0.394 e. The number of imidazole rings is 1. The van der Waals surface area contributed by atoms with Crippen molar-refractivity contribution in [3.05, 3.63) is 34.2 Å². The molecule has 172 valence electrons. The molecule has 2 aromatic rings. The fourth-order valence-electron chi connectivity index (χ4n) is 4.50. The second-order valence-electron chi connectivity index (χ2n) is 8.80. The van der Waals surface area contributed by atoms with E-state index in [0.717, 1.165) is 42.6 Å². The third kappa shape index (κ3) is 3.53. The molecule has 0 aromatic carbocycles. The number of amides is 2. The number of nitrogens with zero attached hydrogens (tertiary/aromatic N) is 4. The van der Waals surface area contributed by atoms with Gasteiger partial charge in [0.2, 0.25) is 5.91 Å². The van der Waals surface area contributed by atoms with Crippen LogP contribution in [0.15, 0.2) is 12.3 Å². The number of halogens is 4. The molecule has 1 unspecified atom stereocenters. The molecular weight excluding hydrogens is 449 g/mol. The van der Waals surface area contributed by atoms with Crippen LogP contribution in [0.25, 0.3) is 5.65 Å². The summed E-state index contributed by atoms with van der Waals surface area (Å²) in [6.07, 6.45) is 1.23. The Morgan fingerprint density at radius 2 is 1.97 bits per heavy atom. The smallest absolute Gasteiger partial charge is 0.394 e. The lowest BCUT2D eigenvalue weighted by atomic mass is 9.90. The Bertz CT molecular complexity index is 1090. The van der Waals surface area contributed by atoms with Gasteiger partial charge in [-0.05, 0) is 49.7 Å². The number of carbonyl (C=O) groups is 2. The van der Waals surface area contributed by atoms with Gasteiger partial charge < -0.3 is 14.9 Å². The Morgan fingerprint density at radius 3 is 2.53 bits per heavy atom. The summed E-state index contributed by atoms with van der Waals surface area (Å²) in [5.41, 5.74) is -1.25. The molecule has 7 nitrogen and oxygen atoms in total. The molecular formula is C21H22ClF3N4O3. The van der Waals surface area contributed by atoms with E-state index in [0.29, 0.717) is 5.56 Å². The number of pyridine rings is 1. The van der Waals surface area contributed by atoms with Crippen LogP contribution >= 0.6 is 11.6 Å². The first-order chi connectivity index (χ1) is 15.2. The second kappa shape index (κ2) is 7.62. The first kappa shape index (κ1) is 21.5. The van der Waals surface area contributed by atoms with E-state index in [1.165, 1.54) is 11.1 Å². The van der Waals surface area contributed by atoms with Crippen LogP contribution in [0.5, 0.6) is 0 Å². The van der Waals surface area contributed by atoms with Crippen molar-refractivity contribution in [3.8, 4) is 0 Å². The summed E-state index contributed by atoms with van der Waals surface area (Å²) < 4.78 is 42.3. The average molecular weight is 471 g/mol. The summed E-state index contributed by atoms with van der Waals surface area (Å²) >= 11 is 6.36. The van der Waals surface area contributed by atoms with Crippen LogP contribution in [-0.2, 0) is 11.0 Å². The van der Waals surface area contributed by atoms with E-state index in [9.17, 15) is 27.9 Å². The number of aromatic nitrogens is 2. The van der Waals surface area contributed by atoms with Crippen LogP contribution in [0.2, 0.25) is 5.15 Å². The van der Waals surface area contributed by atoms with Crippen molar-refractivity contribution in [1.29, 1.82) is 0 Å². The number of piperazine rings is 1. The Kier molecular flexibility index (Phi) is 5.12. The maximum absolute atomic E-state index is 13.7. The molecule has 0 radical (unpaired) electrons. The number of hydrogen-bond donors (Lipinski definition) is 1. The van der Waals surface area contributed by atoms with E-state index >= 15 is 0 Å². The quantitative estimate of drug-likeness (QED) is 0.745. The number of hydrogen-bond acceptors (Lipinski definition) is 4. The van der Waals surface area contributed by atoms with Crippen LogP contribution in [0.1, 0.15) is 59.6 Å². The molecule has 0 bridgehead atoms. The molecule has 3 aliphatic rings. The maximum atomic E-state index is 13.7. The number of aliphatic hydroxyl groups is 1. The highest BCUT2D eigenvalue weighted by Gasteiger charge is 2.42. The van der Waals surface area contributed by atoms with Gasteiger partial charge in [0.15, 0.2) is 11.3 Å². The molecule has 2 amide bonds. The third-order valence-electron chi connectivity index (χ3n) is 6.70. The zero-order chi connectivity index (χ0) is 22.8. The number of carbonyl (C=O) groups excluding carboxylic acids is 2. The summed E-state index contributed by atoms with van der Waals surface area (Å²) in [4.78, 5) is 32.7. The maximum Gasteiger partial charge on any atom is 0.419 e. The zero-order valence-corrected chi connectivity index (χ0v) is 17.9.